The highest BCUT2D eigenvalue weighted by atomic mass is 32.1. The standard InChI is InChI=1S/C29H28N4O4.2H2S/c30-16-21-5-4-6-22(13-21)17-33-26-14-20(9-10-27(26)37-29(33)36)15-28(35)31-25(23-7-2-1-3-8-23)19-32-12-11-24(34)18-32;;/h1-10,13-14,24-25,34H,11-12,15,17-19H2,(H,31,35);2*1H2/t24-,25+;;/m0../s1. The van der Waals surface area contributed by atoms with Crippen LogP contribution in [-0.2, 0) is 17.8 Å². The van der Waals surface area contributed by atoms with Gasteiger partial charge >= 0.3 is 5.76 Å². The van der Waals surface area contributed by atoms with Crippen LogP contribution in [0, 0.1) is 11.3 Å². The summed E-state index contributed by atoms with van der Waals surface area (Å²) in [6, 6.07) is 24.1. The van der Waals surface area contributed by atoms with Gasteiger partial charge in [0.1, 0.15) is 0 Å². The molecule has 1 aromatic heterocycles. The van der Waals surface area contributed by atoms with Crippen LogP contribution in [0.15, 0.2) is 82.0 Å². The fourth-order valence-electron chi connectivity index (χ4n) is 4.88. The number of hydrogen-bond donors (Lipinski definition) is 2. The van der Waals surface area contributed by atoms with Crippen LogP contribution < -0.4 is 11.1 Å². The molecular formula is C29H32N4O4S2. The Hall–Kier alpha value is -3.49. The molecule has 0 unspecified atom stereocenters. The van der Waals surface area contributed by atoms with Crippen molar-refractivity contribution >= 4 is 44.0 Å². The summed E-state index contributed by atoms with van der Waals surface area (Å²) in [7, 11) is 0. The van der Waals surface area contributed by atoms with Crippen LogP contribution in [0.3, 0.4) is 0 Å². The molecular weight excluding hydrogens is 532 g/mol. The lowest BCUT2D eigenvalue weighted by Gasteiger charge is -2.25. The minimum atomic E-state index is -0.490. The Kier molecular flexibility index (Phi) is 10.4. The molecule has 0 bridgehead atoms. The molecule has 39 heavy (non-hydrogen) atoms. The van der Waals surface area contributed by atoms with Crippen LogP contribution in [-0.4, -0.2) is 46.2 Å². The van der Waals surface area contributed by atoms with Gasteiger partial charge in [-0.25, -0.2) is 4.79 Å². The molecule has 2 atom stereocenters. The van der Waals surface area contributed by atoms with Crippen LogP contribution in [0.1, 0.15) is 34.7 Å². The van der Waals surface area contributed by atoms with Gasteiger partial charge in [-0.15, -0.1) is 0 Å². The van der Waals surface area contributed by atoms with E-state index >= 15 is 0 Å². The van der Waals surface area contributed by atoms with Gasteiger partial charge in [-0.1, -0.05) is 48.5 Å². The molecule has 10 heteroatoms. The Morgan fingerprint density at radius 1 is 1.08 bits per heavy atom. The van der Waals surface area contributed by atoms with E-state index < -0.39 is 5.76 Å². The Labute approximate surface area is 240 Å². The van der Waals surface area contributed by atoms with E-state index in [9.17, 15) is 20.0 Å². The van der Waals surface area contributed by atoms with Crippen molar-refractivity contribution < 1.29 is 14.3 Å². The third kappa shape index (κ3) is 7.34. The predicted octanol–water partition coefficient (Wildman–Crippen LogP) is 3.21. The lowest BCUT2D eigenvalue weighted by atomic mass is 10.1. The Morgan fingerprint density at radius 3 is 2.59 bits per heavy atom. The average molecular weight is 565 g/mol. The molecule has 1 aliphatic rings. The van der Waals surface area contributed by atoms with Gasteiger partial charge in [0.25, 0.3) is 0 Å². The minimum Gasteiger partial charge on any atom is -0.408 e. The molecule has 0 saturated carbocycles. The fraction of sp³-hybridized carbons (Fsp3) is 0.276. The van der Waals surface area contributed by atoms with Crippen LogP contribution in [0.4, 0.5) is 0 Å². The number of amides is 1. The van der Waals surface area contributed by atoms with E-state index in [1.165, 1.54) is 4.57 Å². The number of hydrogen-bond acceptors (Lipinski definition) is 6. The SMILES string of the molecule is N#Cc1cccc(Cn2c(=O)oc3ccc(CC(=O)N[C@H](CN4CC[C@H](O)C4)c4ccccc4)cc32)c1.S.S. The van der Waals surface area contributed by atoms with Gasteiger partial charge < -0.3 is 14.8 Å². The van der Waals surface area contributed by atoms with Gasteiger partial charge in [0.05, 0.1) is 42.3 Å². The maximum atomic E-state index is 13.1. The second-order valence-electron chi connectivity index (χ2n) is 9.48. The van der Waals surface area contributed by atoms with Crippen molar-refractivity contribution in [2.75, 3.05) is 19.6 Å². The number of likely N-dealkylation sites (tertiary alicyclic amines) is 1. The number of benzene rings is 3. The molecule has 204 valence electrons. The quantitative estimate of drug-likeness (QED) is 0.340. The molecule has 0 spiro atoms. The summed E-state index contributed by atoms with van der Waals surface area (Å²) >= 11 is 0. The first kappa shape index (κ1) is 30.1. The monoisotopic (exact) mass is 564 g/mol. The van der Waals surface area contributed by atoms with E-state index in [0.717, 1.165) is 29.7 Å². The Balaban J connectivity index is 0.00000210. The van der Waals surface area contributed by atoms with Crippen LogP contribution in [0.5, 0.6) is 0 Å². The average Bonchev–Trinajstić information content (AvgIpc) is 3.46. The van der Waals surface area contributed by atoms with E-state index in [2.05, 4.69) is 16.3 Å². The number of nitrogens with zero attached hydrogens (tertiary/aromatic N) is 3. The molecule has 1 saturated heterocycles. The highest BCUT2D eigenvalue weighted by Crippen LogP contribution is 2.20. The van der Waals surface area contributed by atoms with Crippen molar-refractivity contribution in [2.45, 2.75) is 31.5 Å². The van der Waals surface area contributed by atoms with Gasteiger partial charge in [0.2, 0.25) is 5.91 Å². The van der Waals surface area contributed by atoms with E-state index in [1.54, 1.807) is 30.3 Å². The largest absolute Gasteiger partial charge is 0.420 e. The zero-order valence-corrected chi connectivity index (χ0v) is 23.3. The van der Waals surface area contributed by atoms with Crippen molar-refractivity contribution in [1.82, 2.24) is 14.8 Å². The maximum absolute atomic E-state index is 13.1. The number of carbonyl (C=O) groups is 1. The van der Waals surface area contributed by atoms with E-state index in [1.807, 2.05) is 42.5 Å². The van der Waals surface area contributed by atoms with Crippen molar-refractivity contribution in [3.8, 4) is 6.07 Å². The van der Waals surface area contributed by atoms with Gasteiger partial charge in [0.15, 0.2) is 5.58 Å². The molecule has 4 aromatic rings. The Morgan fingerprint density at radius 2 is 1.87 bits per heavy atom. The van der Waals surface area contributed by atoms with Crippen LogP contribution >= 0.6 is 27.0 Å². The first-order chi connectivity index (χ1) is 18.0. The summed E-state index contributed by atoms with van der Waals surface area (Å²) in [5, 5.41) is 22.2. The molecule has 1 aliphatic heterocycles. The molecule has 2 N–H and O–H groups in total. The highest BCUT2D eigenvalue weighted by Gasteiger charge is 2.25. The van der Waals surface area contributed by atoms with E-state index in [0.29, 0.717) is 29.8 Å². The number of fused-ring (bicyclic) bond motifs is 1. The number of β-amino-alcohol motifs (C(OH)–C–C–N with tert-alkyl or cyclic N) is 1. The topological polar surface area (TPSA) is 112 Å². The first-order valence-corrected chi connectivity index (χ1v) is 12.3. The van der Waals surface area contributed by atoms with Crippen molar-refractivity contribution in [2.24, 2.45) is 0 Å². The van der Waals surface area contributed by atoms with E-state index in [4.69, 9.17) is 4.42 Å². The summed E-state index contributed by atoms with van der Waals surface area (Å²) in [6.45, 7) is 2.28. The van der Waals surface area contributed by atoms with Crippen LogP contribution in [0.2, 0.25) is 0 Å². The fourth-order valence-corrected chi connectivity index (χ4v) is 4.88. The second kappa shape index (κ2) is 13.5. The molecule has 0 aliphatic carbocycles. The minimum absolute atomic E-state index is 0. The number of carbonyl (C=O) groups excluding carboxylic acids is 1. The normalized spacial score (nSPS) is 15.6. The maximum Gasteiger partial charge on any atom is 0.420 e. The number of nitrogens with one attached hydrogen (secondary N) is 1. The summed E-state index contributed by atoms with van der Waals surface area (Å²) in [5.41, 5.74) is 4.14. The van der Waals surface area contributed by atoms with Crippen molar-refractivity contribution in [1.29, 1.82) is 5.26 Å². The summed E-state index contributed by atoms with van der Waals surface area (Å²) in [5.74, 6) is -0.622. The number of oxazole rings is 1. The lowest BCUT2D eigenvalue weighted by molar-refractivity contribution is -0.121. The molecule has 0 radical (unpaired) electrons. The molecule has 5 rings (SSSR count). The molecule has 1 amide bonds. The lowest BCUT2D eigenvalue weighted by Crippen LogP contribution is -2.38. The van der Waals surface area contributed by atoms with E-state index in [-0.39, 0.29) is 58.0 Å². The van der Waals surface area contributed by atoms with Gasteiger partial charge in [-0.2, -0.15) is 32.3 Å². The third-order valence-electron chi connectivity index (χ3n) is 6.72. The van der Waals surface area contributed by atoms with Crippen LogP contribution in [0.25, 0.3) is 11.1 Å². The number of aliphatic hydroxyl groups excluding tert-OH is 1. The first-order valence-electron chi connectivity index (χ1n) is 12.3. The van der Waals surface area contributed by atoms with Crippen molar-refractivity contribution in [3.05, 3.63) is 106 Å². The molecule has 1 fully saturated rings. The second-order valence-corrected chi connectivity index (χ2v) is 9.48. The number of nitriles is 1. The van der Waals surface area contributed by atoms with Gasteiger partial charge in [-0.05, 0) is 47.4 Å². The summed E-state index contributed by atoms with van der Waals surface area (Å²) in [4.78, 5) is 27.8. The molecule has 2 heterocycles. The summed E-state index contributed by atoms with van der Waals surface area (Å²) < 4.78 is 6.92. The number of rotatable bonds is 8. The zero-order valence-electron chi connectivity index (χ0n) is 21.3. The number of aliphatic hydroxyl groups is 1. The molecule has 8 nitrogen and oxygen atoms in total. The third-order valence-corrected chi connectivity index (χ3v) is 6.72. The Bertz CT molecular complexity index is 1510. The predicted molar refractivity (Wildman–Crippen MR) is 160 cm³/mol. The molecule has 3 aromatic carbocycles. The van der Waals surface area contributed by atoms with Gasteiger partial charge in [0, 0.05) is 19.6 Å². The highest BCUT2D eigenvalue weighted by molar-refractivity contribution is 7.59. The van der Waals surface area contributed by atoms with Crippen molar-refractivity contribution in [3.63, 3.8) is 0 Å². The van der Waals surface area contributed by atoms with Gasteiger partial charge in [-0.3, -0.25) is 14.3 Å². The summed E-state index contributed by atoms with van der Waals surface area (Å²) in [6.07, 6.45) is 0.558. The smallest absolute Gasteiger partial charge is 0.408 e. The zero-order chi connectivity index (χ0) is 25.8. The number of aromatic nitrogens is 1.